The first kappa shape index (κ1) is 21.4. The summed E-state index contributed by atoms with van der Waals surface area (Å²) in [6.45, 7) is 2.54. The van der Waals surface area contributed by atoms with Crippen LogP contribution in [0.15, 0.2) is 42.5 Å². The van der Waals surface area contributed by atoms with Crippen LogP contribution in [0.1, 0.15) is 40.7 Å². The van der Waals surface area contributed by atoms with E-state index in [9.17, 15) is 9.59 Å². The number of likely N-dealkylation sites (tertiary alicyclic amines) is 1. The van der Waals surface area contributed by atoms with E-state index in [1.54, 1.807) is 13.2 Å². The van der Waals surface area contributed by atoms with Crippen LogP contribution in [0.5, 0.6) is 5.75 Å². The second-order valence-electron chi connectivity index (χ2n) is 8.50. The van der Waals surface area contributed by atoms with E-state index in [1.165, 1.54) is 5.56 Å². The summed E-state index contributed by atoms with van der Waals surface area (Å²) >= 11 is 0. The molecule has 0 unspecified atom stereocenters. The Labute approximate surface area is 184 Å². The number of fused-ring (bicyclic) bond motifs is 1. The minimum Gasteiger partial charge on any atom is -0.495 e. The number of nitrogens with one attached hydrogen (secondary N) is 1. The van der Waals surface area contributed by atoms with Gasteiger partial charge in [-0.2, -0.15) is 0 Å². The molecule has 2 aliphatic heterocycles. The molecule has 0 radical (unpaired) electrons. The molecule has 1 N–H and O–H groups in total. The lowest BCUT2D eigenvalue weighted by atomic mass is 9.97. The molecule has 0 aromatic heterocycles. The first-order valence-electron chi connectivity index (χ1n) is 11.1. The smallest absolute Gasteiger partial charge is 0.254 e. The summed E-state index contributed by atoms with van der Waals surface area (Å²) < 4.78 is 5.46. The number of ether oxygens (including phenoxy) is 1. The van der Waals surface area contributed by atoms with Crippen LogP contribution in [-0.4, -0.2) is 61.4 Å². The lowest BCUT2D eigenvalue weighted by molar-refractivity contribution is -0.116. The molecule has 0 aliphatic carbocycles. The third kappa shape index (κ3) is 4.90. The van der Waals surface area contributed by atoms with Crippen LogP contribution >= 0.6 is 0 Å². The van der Waals surface area contributed by atoms with Gasteiger partial charge in [-0.1, -0.05) is 30.3 Å². The number of rotatable bonds is 6. The van der Waals surface area contributed by atoms with Crippen molar-refractivity contribution in [2.24, 2.45) is 0 Å². The number of amides is 2. The molecule has 2 aliphatic rings. The topological polar surface area (TPSA) is 61.9 Å². The number of likely N-dealkylation sites (N-methyl/N-ethyl adjacent to an activating group) is 1. The molecule has 1 fully saturated rings. The molecule has 2 aromatic carbocycles. The van der Waals surface area contributed by atoms with E-state index < -0.39 is 0 Å². The van der Waals surface area contributed by atoms with Gasteiger partial charge in [0.1, 0.15) is 5.75 Å². The summed E-state index contributed by atoms with van der Waals surface area (Å²) in [5, 5.41) is 2.87. The van der Waals surface area contributed by atoms with Crippen molar-refractivity contribution in [1.29, 1.82) is 0 Å². The van der Waals surface area contributed by atoms with Crippen LogP contribution in [-0.2, 0) is 17.6 Å². The number of hydrogen-bond donors (Lipinski definition) is 1. The lowest BCUT2D eigenvalue weighted by Gasteiger charge is -2.37. The number of methoxy groups -OCH3 is 1. The molecule has 2 heterocycles. The monoisotopic (exact) mass is 421 g/mol. The van der Waals surface area contributed by atoms with Gasteiger partial charge in [-0.25, -0.2) is 0 Å². The molecule has 2 amide bonds. The number of piperidine rings is 1. The zero-order chi connectivity index (χ0) is 21.8. The molecular weight excluding hydrogens is 390 g/mol. The number of aryl methyl sites for hydroxylation is 1. The Morgan fingerprint density at radius 2 is 1.90 bits per heavy atom. The predicted octanol–water partition coefficient (Wildman–Crippen LogP) is 3.36. The fourth-order valence-electron chi connectivity index (χ4n) is 4.57. The van der Waals surface area contributed by atoms with Gasteiger partial charge >= 0.3 is 0 Å². The summed E-state index contributed by atoms with van der Waals surface area (Å²) in [4.78, 5) is 29.3. The summed E-state index contributed by atoms with van der Waals surface area (Å²) in [6, 6.07) is 14.7. The van der Waals surface area contributed by atoms with Crippen molar-refractivity contribution < 1.29 is 14.3 Å². The molecule has 0 bridgehead atoms. The van der Waals surface area contributed by atoms with Gasteiger partial charge in [0.05, 0.1) is 12.8 Å². The van der Waals surface area contributed by atoms with Crippen LogP contribution in [0, 0.1) is 0 Å². The summed E-state index contributed by atoms with van der Waals surface area (Å²) in [5.41, 5.74) is 3.68. The Hall–Kier alpha value is -2.86. The summed E-state index contributed by atoms with van der Waals surface area (Å²) in [7, 11) is 3.76. The van der Waals surface area contributed by atoms with Crippen LogP contribution < -0.4 is 10.1 Å². The molecule has 2 aromatic rings. The van der Waals surface area contributed by atoms with Gasteiger partial charge in [0.25, 0.3) is 5.91 Å². The molecule has 31 heavy (non-hydrogen) atoms. The number of carbonyl (C=O) groups is 2. The predicted molar refractivity (Wildman–Crippen MR) is 122 cm³/mol. The highest BCUT2D eigenvalue weighted by atomic mass is 16.5. The average Bonchev–Trinajstić information content (AvgIpc) is 2.82. The Bertz CT molecular complexity index is 919. The quantitative estimate of drug-likeness (QED) is 0.777. The summed E-state index contributed by atoms with van der Waals surface area (Å²) in [5.74, 6) is 0.594. The molecule has 0 spiro atoms. The number of hydrogen-bond acceptors (Lipinski definition) is 4. The Kier molecular flexibility index (Phi) is 6.56. The normalized spacial score (nSPS) is 16.7. The van der Waals surface area contributed by atoms with Crippen molar-refractivity contribution in [3.63, 3.8) is 0 Å². The minimum absolute atomic E-state index is 0.0108. The highest BCUT2D eigenvalue weighted by Crippen LogP contribution is 2.34. The van der Waals surface area contributed by atoms with E-state index >= 15 is 0 Å². The second-order valence-corrected chi connectivity index (χ2v) is 8.50. The highest BCUT2D eigenvalue weighted by molar-refractivity contribution is 5.99. The van der Waals surface area contributed by atoms with Gasteiger partial charge in [-0.05, 0) is 56.0 Å². The molecule has 4 rings (SSSR count). The van der Waals surface area contributed by atoms with Crippen molar-refractivity contribution in [3.8, 4) is 5.75 Å². The zero-order valence-corrected chi connectivity index (χ0v) is 18.4. The van der Waals surface area contributed by atoms with E-state index in [4.69, 9.17) is 4.74 Å². The number of nitrogens with zero attached hydrogens (tertiary/aromatic N) is 2. The van der Waals surface area contributed by atoms with Gasteiger partial charge < -0.3 is 19.9 Å². The van der Waals surface area contributed by atoms with Crippen molar-refractivity contribution in [2.75, 3.05) is 39.1 Å². The van der Waals surface area contributed by atoms with Gasteiger partial charge in [-0.3, -0.25) is 9.59 Å². The van der Waals surface area contributed by atoms with Crippen LogP contribution in [0.4, 0.5) is 5.69 Å². The Morgan fingerprint density at radius 3 is 2.61 bits per heavy atom. The summed E-state index contributed by atoms with van der Waals surface area (Å²) in [6.07, 6.45) is 4.08. The molecule has 6 nitrogen and oxygen atoms in total. The van der Waals surface area contributed by atoms with E-state index in [0.29, 0.717) is 35.9 Å². The lowest BCUT2D eigenvalue weighted by Crippen LogP contribution is -2.46. The number of carbonyl (C=O) groups excluding carboxylic acids is 2. The van der Waals surface area contributed by atoms with Crippen LogP contribution in [0.3, 0.4) is 0 Å². The van der Waals surface area contributed by atoms with E-state index in [0.717, 1.165) is 44.5 Å². The molecule has 6 heteroatoms. The van der Waals surface area contributed by atoms with Crippen molar-refractivity contribution in [2.45, 2.75) is 38.1 Å². The third-order valence-corrected chi connectivity index (χ3v) is 6.51. The largest absolute Gasteiger partial charge is 0.495 e. The van der Waals surface area contributed by atoms with Crippen molar-refractivity contribution in [1.82, 2.24) is 9.80 Å². The average molecular weight is 422 g/mol. The first-order valence-corrected chi connectivity index (χ1v) is 11.1. The van der Waals surface area contributed by atoms with Gasteiger partial charge in [-0.15, -0.1) is 0 Å². The van der Waals surface area contributed by atoms with Gasteiger partial charge in [0, 0.05) is 37.7 Å². The highest BCUT2D eigenvalue weighted by Gasteiger charge is 2.28. The number of benzene rings is 2. The van der Waals surface area contributed by atoms with E-state index in [-0.39, 0.29) is 11.8 Å². The zero-order valence-electron chi connectivity index (χ0n) is 18.4. The third-order valence-electron chi connectivity index (χ3n) is 6.51. The van der Waals surface area contributed by atoms with Crippen LogP contribution in [0.25, 0.3) is 0 Å². The standard InChI is InChI=1S/C25H31N3O3/c1-27(13-10-18-6-4-3-5-7-18)21-11-14-28(15-12-21)25(30)20-16-19-8-9-23(29)26-24(19)22(17-20)31-2/h3-7,16-17,21H,8-15H2,1-2H3,(H,26,29). The molecule has 164 valence electrons. The second kappa shape index (κ2) is 9.52. The van der Waals surface area contributed by atoms with E-state index in [1.807, 2.05) is 17.0 Å². The minimum atomic E-state index is -0.0108. The molecule has 0 atom stereocenters. The van der Waals surface area contributed by atoms with Crippen molar-refractivity contribution in [3.05, 3.63) is 59.2 Å². The fraction of sp³-hybridized carbons (Fsp3) is 0.440. The molecule has 1 saturated heterocycles. The first-order chi connectivity index (χ1) is 15.0. The van der Waals surface area contributed by atoms with E-state index in [2.05, 4.69) is 41.5 Å². The maximum atomic E-state index is 13.2. The molecular formula is C25H31N3O3. The van der Waals surface area contributed by atoms with Gasteiger partial charge in [0.2, 0.25) is 5.91 Å². The van der Waals surface area contributed by atoms with Crippen LogP contribution in [0.2, 0.25) is 0 Å². The van der Waals surface area contributed by atoms with Crippen molar-refractivity contribution >= 4 is 17.5 Å². The fourth-order valence-corrected chi connectivity index (χ4v) is 4.57. The van der Waals surface area contributed by atoms with Gasteiger partial charge in [0.15, 0.2) is 0 Å². The maximum Gasteiger partial charge on any atom is 0.254 e. The molecule has 0 saturated carbocycles. The number of anilines is 1. The SMILES string of the molecule is COc1cc(C(=O)N2CCC(N(C)CCc3ccccc3)CC2)cc2c1NC(=O)CC2. The maximum absolute atomic E-state index is 13.2. The Morgan fingerprint density at radius 1 is 1.16 bits per heavy atom. The Balaban J connectivity index is 1.35.